The molecule has 0 aromatic heterocycles. The van der Waals surface area contributed by atoms with Gasteiger partial charge in [0.25, 0.3) is 5.91 Å². The summed E-state index contributed by atoms with van der Waals surface area (Å²) < 4.78 is 39.0. The maximum Gasteiger partial charge on any atom is 0.253 e. The SMILES string of the molecule is Nc1cc(F)c(F)cc1C(=O)NCCc1cccc(F)c1. The second kappa shape index (κ2) is 6.30. The fourth-order valence-electron chi connectivity index (χ4n) is 1.87. The summed E-state index contributed by atoms with van der Waals surface area (Å²) in [5, 5.41) is 2.52. The topological polar surface area (TPSA) is 55.1 Å². The Morgan fingerprint density at radius 2 is 1.81 bits per heavy atom. The van der Waals surface area contributed by atoms with Crippen LogP contribution in [0.15, 0.2) is 36.4 Å². The van der Waals surface area contributed by atoms with Crippen molar-refractivity contribution in [1.82, 2.24) is 5.32 Å². The summed E-state index contributed by atoms with van der Waals surface area (Å²) in [4.78, 5) is 11.8. The molecule has 0 heterocycles. The number of anilines is 1. The van der Waals surface area contributed by atoms with Crippen LogP contribution in [0, 0.1) is 17.5 Å². The van der Waals surface area contributed by atoms with Crippen molar-refractivity contribution >= 4 is 11.6 Å². The third kappa shape index (κ3) is 3.75. The highest BCUT2D eigenvalue weighted by atomic mass is 19.2. The first-order valence-electron chi connectivity index (χ1n) is 6.24. The van der Waals surface area contributed by atoms with Gasteiger partial charge in [-0.15, -0.1) is 0 Å². The van der Waals surface area contributed by atoms with Crippen LogP contribution in [0.3, 0.4) is 0 Å². The zero-order valence-electron chi connectivity index (χ0n) is 11.0. The van der Waals surface area contributed by atoms with E-state index in [1.165, 1.54) is 12.1 Å². The Bertz CT molecular complexity index is 674. The first-order chi connectivity index (χ1) is 9.97. The molecule has 2 aromatic carbocycles. The highest BCUT2D eigenvalue weighted by molar-refractivity contribution is 5.99. The minimum Gasteiger partial charge on any atom is -0.398 e. The van der Waals surface area contributed by atoms with Crippen molar-refractivity contribution < 1.29 is 18.0 Å². The van der Waals surface area contributed by atoms with Gasteiger partial charge in [-0.25, -0.2) is 13.2 Å². The number of hydrogen-bond acceptors (Lipinski definition) is 2. The van der Waals surface area contributed by atoms with E-state index in [4.69, 9.17) is 5.73 Å². The number of rotatable bonds is 4. The molecule has 6 heteroatoms. The number of carbonyl (C=O) groups is 1. The van der Waals surface area contributed by atoms with Crippen molar-refractivity contribution in [3.63, 3.8) is 0 Å². The number of nitrogen functional groups attached to an aromatic ring is 1. The minimum atomic E-state index is -1.14. The van der Waals surface area contributed by atoms with E-state index >= 15 is 0 Å². The second-order valence-corrected chi connectivity index (χ2v) is 4.49. The van der Waals surface area contributed by atoms with Gasteiger partial charge in [-0.05, 0) is 30.2 Å². The van der Waals surface area contributed by atoms with Gasteiger partial charge in [0.15, 0.2) is 11.6 Å². The highest BCUT2D eigenvalue weighted by Crippen LogP contribution is 2.16. The summed E-state index contributed by atoms with van der Waals surface area (Å²) in [6, 6.07) is 7.49. The van der Waals surface area contributed by atoms with Gasteiger partial charge in [-0.2, -0.15) is 0 Å². The van der Waals surface area contributed by atoms with E-state index in [2.05, 4.69) is 5.32 Å². The third-order valence-electron chi connectivity index (χ3n) is 2.93. The summed E-state index contributed by atoms with van der Waals surface area (Å²) in [6.07, 6.45) is 0.410. The summed E-state index contributed by atoms with van der Waals surface area (Å²) in [7, 11) is 0. The summed E-state index contributed by atoms with van der Waals surface area (Å²) in [5.74, 6) is -3.21. The lowest BCUT2D eigenvalue weighted by molar-refractivity contribution is 0.0954. The number of nitrogens with one attached hydrogen (secondary N) is 1. The van der Waals surface area contributed by atoms with Crippen molar-refractivity contribution in [2.75, 3.05) is 12.3 Å². The molecular formula is C15H13F3N2O. The number of halogens is 3. The van der Waals surface area contributed by atoms with Gasteiger partial charge < -0.3 is 11.1 Å². The van der Waals surface area contributed by atoms with Gasteiger partial charge in [0.2, 0.25) is 0 Å². The van der Waals surface area contributed by atoms with E-state index in [0.717, 1.165) is 12.1 Å². The van der Waals surface area contributed by atoms with Crippen LogP contribution in [-0.2, 0) is 6.42 Å². The molecule has 0 unspecified atom stereocenters. The van der Waals surface area contributed by atoms with E-state index in [1.54, 1.807) is 12.1 Å². The molecule has 0 aliphatic heterocycles. The van der Waals surface area contributed by atoms with Crippen LogP contribution in [0.25, 0.3) is 0 Å². The molecule has 0 saturated heterocycles. The second-order valence-electron chi connectivity index (χ2n) is 4.49. The standard InChI is InChI=1S/C15H13F3N2O/c16-10-3-1-2-9(6-10)4-5-20-15(21)11-7-12(17)13(18)8-14(11)19/h1-3,6-8H,4-5,19H2,(H,20,21). The molecule has 0 radical (unpaired) electrons. The Balaban J connectivity index is 1.98. The Kier molecular flexibility index (Phi) is 4.47. The molecule has 110 valence electrons. The highest BCUT2D eigenvalue weighted by Gasteiger charge is 2.13. The van der Waals surface area contributed by atoms with Crippen LogP contribution in [0.5, 0.6) is 0 Å². The minimum absolute atomic E-state index is 0.131. The molecule has 1 amide bonds. The van der Waals surface area contributed by atoms with Gasteiger partial charge in [-0.3, -0.25) is 4.79 Å². The number of hydrogen-bond donors (Lipinski definition) is 2. The Labute approximate surface area is 119 Å². The Morgan fingerprint density at radius 1 is 1.10 bits per heavy atom. The molecule has 0 atom stereocenters. The first-order valence-corrected chi connectivity index (χ1v) is 6.24. The lowest BCUT2D eigenvalue weighted by Crippen LogP contribution is -2.26. The summed E-state index contributed by atoms with van der Waals surface area (Å²) >= 11 is 0. The van der Waals surface area contributed by atoms with Gasteiger partial charge in [0.1, 0.15) is 5.82 Å². The predicted octanol–water partition coefficient (Wildman–Crippen LogP) is 2.66. The lowest BCUT2D eigenvalue weighted by Gasteiger charge is -2.08. The van der Waals surface area contributed by atoms with Gasteiger partial charge in [-0.1, -0.05) is 12.1 Å². The summed E-state index contributed by atoms with van der Waals surface area (Å²) in [5.41, 5.74) is 5.92. The molecule has 3 nitrogen and oxygen atoms in total. The molecular weight excluding hydrogens is 281 g/mol. The van der Waals surface area contributed by atoms with Gasteiger partial charge in [0, 0.05) is 18.3 Å². The average molecular weight is 294 g/mol. The smallest absolute Gasteiger partial charge is 0.253 e. The number of nitrogens with two attached hydrogens (primary N) is 1. The van der Waals surface area contributed by atoms with Gasteiger partial charge >= 0.3 is 0 Å². The fraction of sp³-hybridized carbons (Fsp3) is 0.133. The normalized spacial score (nSPS) is 10.4. The predicted molar refractivity (Wildman–Crippen MR) is 73.2 cm³/mol. The van der Waals surface area contributed by atoms with Crippen molar-refractivity contribution in [3.05, 3.63) is 65.0 Å². The van der Waals surface area contributed by atoms with Crippen LogP contribution in [0.1, 0.15) is 15.9 Å². The Morgan fingerprint density at radius 3 is 2.52 bits per heavy atom. The van der Waals surface area contributed by atoms with E-state index in [9.17, 15) is 18.0 Å². The maximum atomic E-state index is 13.1. The maximum absolute atomic E-state index is 13.1. The molecule has 0 spiro atoms. The molecule has 21 heavy (non-hydrogen) atoms. The molecule has 0 bridgehead atoms. The molecule has 2 aromatic rings. The largest absolute Gasteiger partial charge is 0.398 e. The number of carbonyl (C=O) groups excluding carboxylic acids is 1. The van der Waals surface area contributed by atoms with Crippen molar-refractivity contribution in [2.24, 2.45) is 0 Å². The van der Waals surface area contributed by atoms with Crippen molar-refractivity contribution in [2.45, 2.75) is 6.42 Å². The summed E-state index contributed by atoms with van der Waals surface area (Å²) in [6.45, 7) is 0.223. The average Bonchev–Trinajstić information content (AvgIpc) is 2.43. The molecule has 0 aliphatic rings. The zero-order chi connectivity index (χ0) is 15.4. The first kappa shape index (κ1) is 14.9. The number of benzene rings is 2. The molecule has 0 saturated carbocycles. The van der Waals surface area contributed by atoms with Crippen LogP contribution in [0.2, 0.25) is 0 Å². The number of amides is 1. The Hall–Kier alpha value is -2.50. The van der Waals surface area contributed by atoms with E-state index in [1.807, 2.05) is 0 Å². The molecule has 0 fully saturated rings. The van der Waals surface area contributed by atoms with E-state index < -0.39 is 17.5 Å². The van der Waals surface area contributed by atoms with Crippen molar-refractivity contribution in [3.8, 4) is 0 Å². The van der Waals surface area contributed by atoms with Gasteiger partial charge in [0.05, 0.1) is 5.56 Å². The quantitative estimate of drug-likeness (QED) is 0.852. The molecule has 0 aliphatic carbocycles. The van der Waals surface area contributed by atoms with Crippen LogP contribution in [0.4, 0.5) is 18.9 Å². The van der Waals surface area contributed by atoms with Crippen molar-refractivity contribution in [1.29, 1.82) is 0 Å². The zero-order valence-corrected chi connectivity index (χ0v) is 11.0. The fourth-order valence-corrected chi connectivity index (χ4v) is 1.87. The van der Waals surface area contributed by atoms with Crippen LogP contribution < -0.4 is 11.1 Å². The van der Waals surface area contributed by atoms with Crippen LogP contribution in [-0.4, -0.2) is 12.5 Å². The molecule has 2 rings (SSSR count). The monoisotopic (exact) mass is 294 g/mol. The molecule has 3 N–H and O–H groups in total. The lowest BCUT2D eigenvalue weighted by atomic mass is 10.1. The van der Waals surface area contributed by atoms with Crippen LogP contribution >= 0.6 is 0 Å². The van der Waals surface area contributed by atoms with E-state index in [-0.39, 0.29) is 23.6 Å². The third-order valence-corrected chi connectivity index (χ3v) is 2.93. The van der Waals surface area contributed by atoms with E-state index in [0.29, 0.717) is 12.0 Å².